The molecule has 0 atom stereocenters. The van der Waals surface area contributed by atoms with Crippen molar-refractivity contribution in [2.45, 2.75) is 44.4 Å². The average Bonchev–Trinajstić information content (AvgIpc) is 3.29. The van der Waals surface area contributed by atoms with Gasteiger partial charge < -0.3 is 10.4 Å². The normalized spacial score (nSPS) is 20.3. The Bertz CT molecular complexity index is 969. The van der Waals surface area contributed by atoms with Crippen LogP contribution >= 0.6 is 22.7 Å². The maximum absolute atomic E-state index is 12.9. The van der Waals surface area contributed by atoms with Gasteiger partial charge in [-0.15, -0.1) is 22.7 Å². The summed E-state index contributed by atoms with van der Waals surface area (Å²) in [6, 6.07) is 4.00. The van der Waals surface area contributed by atoms with E-state index < -0.39 is 0 Å². The molecular weight excluding hydrogens is 370 g/mol. The summed E-state index contributed by atoms with van der Waals surface area (Å²) in [4.78, 5) is 31.3. The molecule has 3 aromatic heterocycles. The van der Waals surface area contributed by atoms with Crippen molar-refractivity contribution in [1.82, 2.24) is 14.9 Å². The predicted molar refractivity (Wildman–Crippen MR) is 104 cm³/mol. The third kappa shape index (κ3) is 3.44. The van der Waals surface area contributed by atoms with Crippen LogP contribution in [0.5, 0.6) is 0 Å². The molecular formula is C18H19N3O3S2. The smallest absolute Gasteiger partial charge is 0.263 e. The summed E-state index contributed by atoms with van der Waals surface area (Å²) in [7, 11) is 0. The molecule has 3 heterocycles. The van der Waals surface area contributed by atoms with E-state index in [1.165, 1.54) is 22.2 Å². The first-order valence-electron chi connectivity index (χ1n) is 8.60. The molecule has 1 fully saturated rings. The second-order valence-corrected chi connectivity index (χ2v) is 8.36. The SMILES string of the molecule is O=C(Cn1cnc2scc(-c3cccs3)c2c1=O)NC1CCC(O)CC1. The van der Waals surface area contributed by atoms with Crippen molar-refractivity contribution in [3.05, 3.63) is 39.6 Å². The second kappa shape index (κ2) is 7.30. The third-order valence-electron chi connectivity index (χ3n) is 4.72. The number of carbonyl (C=O) groups is 1. The van der Waals surface area contributed by atoms with Gasteiger partial charge in [0.05, 0.1) is 17.8 Å². The zero-order valence-electron chi connectivity index (χ0n) is 14.1. The number of amides is 1. The highest BCUT2D eigenvalue weighted by Gasteiger charge is 2.21. The van der Waals surface area contributed by atoms with Crippen LogP contribution in [0.1, 0.15) is 25.7 Å². The molecule has 1 aliphatic carbocycles. The van der Waals surface area contributed by atoms with Crippen LogP contribution in [0.2, 0.25) is 0 Å². The van der Waals surface area contributed by atoms with Gasteiger partial charge >= 0.3 is 0 Å². The van der Waals surface area contributed by atoms with Gasteiger partial charge in [0.25, 0.3) is 5.56 Å². The van der Waals surface area contributed by atoms with Gasteiger partial charge in [-0.05, 0) is 37.1 Å². The first-order chi connectivity index (χ1) is 12.6. The molecule has 4 rings (SSSR count). The molecule has 0 unspecified atom stereocenters. The van der Waals surface area contributed by atoms with Crippen LogP contribution in [0.15, 0.2) is 34.0 Å². The van der Waals surface area contributed by atoms with Gasteiger partial charge in [0.15, 0.2) is 0 Å². The number of hydrogen-bond acceptors (Lipinski definition) is 6. The molecule has 1 amide bonds. The maximum atomic E-state index is 12.9. The van der Waals surface area contributed by atoms with Gasteiger partial charge in [0.2, 0.25) is 5.91 Å². The minimum atomic E-state index is -0.258. The van der Waals surface area contributed by atoms with E-state index in [4.69, 9.17) is 0 Å². The van der Waals surface area contributed by atoms with Crippen molar-refractivity contribution in [1.29, 1.82) is 0 Å². The van der Waals surface area contributed by atoms with E-state index in [1.807, 2.05) is 22.9 Å². The lowest BCUT2D eigenvalue weighted by atomic mass is 9.93. The Morgan fingerprint density at radius 1 is 1.31 bits per heavy atom. The van der Waals surface area contributed by atoms with Crippen molar-refractivity contribution in [3.8, 4) is 10.4 Å². The van der Waals surface area contributed by atoms with E-state index in [-0.39, 0.29) is 30.2 Å². The summed E-state index contributed by atoms with van der Waals surface area (Å²) < 4.78 is 1.37. The van der Waals surface area contributed by atoms with Crippen molar-refractivity contribution in [3.63, 3.8) is 0 Å². The van der Waals surface area contributed by atoms with Crippen molar-refractivity contribution in [2.24, 2.45) is 0 Å². The number of nitrogens with zero attached hydrogens (tertiary/aromatic N) is 2. The number of thiophene rings is 2. The highest BCUT2D eigenvalue weighted by Crippen LogP contribution is 2.33. The predicted octanol–water partition coefficient (Wildman–Crippen LogP) is 2.61. The third-order valence-corrected chi connectivity index (χ3v) is 6.51. The summed E-state index contributed by atoms with van der Waals surface area (Å²) in [6.07, 6.45) is 4.14. The maximum Gasteiger partial charge on any atom is 0.263 e. The molecule has 6 nitrogen and oxygen atoms in total. The fourth-order valence-corrected chi connectivity index (χ4v) is 5.06. The molecule has 1 aliphatic rings. The Morgan fingerprint density at radius 2 is 2.12 bits per heavy atom. The molecule has 3 aromatic rings. The fourth-order valence-electron chi connectivity index (χ4n) is 3.34. The lowest BCUT2D eigenvalue weighted by Crippen LogP contribution is -2.41. The first-order valence-corrected chi connectivity index (χ1v) is 10.4. The summed E-state index contributed by atoms with van der Waals surface area (Å²) in [5.41, 5.74) is 0.697. The molecule has 0 aromatic carbocycles. The minimum Gasteiger partial charge on any atom is -0.393 e. The molecule has 2 N–H and O–H groups in total. The second-order valence-electron chi connectivity index (χ2n) is 6.56. The number of aliphatic hydroxyl groups is 1. The molecule has 1 saturated carbocycles. The Balaban J connectivity index is 1.55. The van der Waals surface area contributed by atoms with Crippen molar-refractivity contribution >= 4 is 38.8 Å². The molecule has 8 heteroatoms. The van der Waals surface area contributed by atoms with Gasteiger partial charge in [0.1, 0.15) is 11.4 Å². The largest absolute Gasteiger partial charge is 0.393 e. The fraction of sp³-hybridized carbons (Fsp3) is 0.389. The van der Waals surface area contributed by atoms with Crippen LogP contribution in [-0.4, -0.2) is 32.7 Å². The van der Waals surface area contributed by atoms with Crippen LogP contribution in [0, 0.1) is 0 Å². The molecule has 0 aliphatic heterocycles. The van der Waals surface area contributed by atoms with E-state index in [1.54, 1.807) is 11.3 Å². The topological polar surface area (TPSA) is 84.2 Å². The summed E-state index contributed by atoms with van der Waals surface area (Å²) in [5.74, 6) is -0.192. The number of nitrogens with one attached hydrogen (secondary N) is 1. The molecule has 0 spiro atoms. The standard InChI is InChI=1S/C18H19N3O3S2/c22-12-5-3-11(4-6-12)20-15(23)8-21-10-19-17-16(18(21)24)13(9-26-17)14-2-1-7-25-14/h1-2,7,9-12,22H,3-6,8H2,(H,20,23). The van der Waals surface area contributed by atoms with Gasteiger partial charge in [-0.2, -0.15) is 0 Å². The Morgan fingerprint density at radius 3 is 2.85 bits per heavy atom. The van der Waals surface area contributed by atoms with Gasteiger partial charge in [-0.1, -0.05) is 6.07 Å². The zero-order valence-corrected chi connectivity index (χ0v) is 15.7. The van der Waals surface area contributed by atoms with E-state index in [2.05, 4.69) is 10.3 Å². The molecule has 0 radical (unpaired) electrons. The monoisotopic (exact) mass is 389 g/mol. The van der Waals surface area contributed by atoms with Gasteiger partial charge in [-0.3, -0.25) is 14.2 Å². The lowest BCUT2D eigenvalue weighted by Gasteiger charge is -2.26. The van der Waals surface area contributed by atoms with Gasteiger partial charge in [-0.25, -0.2) is 4.98 Å². The van der Waals surface area contributed by atoms with Crippen molar-refractivity contribution in [2.75, 3.05) is 0 Å². The molecule has 0 saturated heterocycles. The van der Waals surface area contributed by atoms with Crippen LogP contribution in [0.25, 0.3) is 20.7 Å². The van der Waals surface area contributed by atoms with Crippen LogP contribution < -0.4 is 10.9 Å². The van der Waals surface area contributed by atoms with Crippen molar-refractivity contribution < 1.29 is 9.90 Å². The zero-order chi connectivity index (χ0) is 18.1. The van der Waals surface area contributed by atoms with E-state index in [9.17, 15) is 14.7 Å². The number of fused-ring (bicyclic) bond motifs is 1. The number of rotatable bonds is 4. The quantitative estimate of drug-likeness (QED) is 0.718. The van der Waals surface area contributed by atoms with E-state index in [0.717, 1.165) is 23.3 Å². The Kier molecular flexibility index (Phi) is 4.88. The average molecular weight is 390 g/mol. The Labute approximate surface area is 158 Å². The summed E-state index contributed by atoms with van der Waals surface area (Å²) in [6.45, 7) is -0.0411. The number of aromatic nitrogens is 2. The lowest BCUT2D eigenvalue weighted by molar-refractivity contribution is -0.122. The molecule has 26 heavy (non-hydrogen) atoms. The molecule has 0 bridgehead atoms. The van der Waals surface area contributed by atoms with E-state index >= 15 is 0 Å². The minimum absolute atomic E-state index is 0.0411. The van der Waals surface area contributed by atoms with Crippen LogP contribution in [0.3, 0.4) is 0 Å². The highest BCUT2D eigenvalue weighted by atomic mass is 32.1. The van der Waals surface area contributed by atoms with Crippen LogP contribution in [0.4, 0.5) is 0 Å². The number of aliphatic hydroxyl groups excluding tert-OH is 1. The first kappa shape index (κ1) is 17.4. The van der Waals surface area contributed by atoms with E-state index in [0.29, 0.717) is 23.1 Å². The highest BCUT2D eigenvalue weighted by molar-refractivity contribution is 7.18. The summed E-state index contributed by atoms with van der Waals surface area (Å²) in [5, 5.41) is 17.0. The number of hydrogen-bond donors (Lipinski definition) is 2. The Hall–Kier alpha value is -2.03. The molecule has 136 valence electrons. The van der Waals surface area contributed by atoms with Crippen LogP contribution in [-0.2, 0) is 11.3 Å². The number of carbonyl (C=O) groups excluding carboxylic acids is 1. The summed E-state index contributed by atoms with van der Waals surface area (Å²) >= 11 is 3.02. The van der Waals surface area contributed by atoms with Gasteiger partial charge in [0, 0.05) is 21.9 Å².